The first-order valence-corrected chi connectivity index (χ1v) is 25.8. The van der Waals surface area contributed by atoms with Crippen molar-refractivity contribution >= 4 is 19.8 Å². The van der Waals surface area contributed by atoms with Gasteiger partial charge in [0, 0.05) is 12.8 Å². The van der Waals surface area contributed by atoms with E-state index in [9.17, 15) is 44.6 Å². The van der Waals surface area contributed by atoms with Crippen LogP contribution in [0.3, 0.4) is 0 Å². The van der Waals surface area contributed by atoms with Crippen molar-refractivity contribution in [1.29, 1.82) is 0 Å². The standard InChI is InChI=1S/C46H89O13P/c1-3-5-7-9-11-13-15-16-17-18-19-20-21-22-23-25-27-29-31-33-35-40(48)58-38(36-56-39(47)34-32-30-28-26-24-14-12-10-8-6-4-2)37-57-60(54,55)59-46-44(52)42(50)41(49)43(51)45(46)53/h38,41-46,49-53H,3-37H2,1-2H3,(H,54,55). The summed E-state index contributed by atoms with van der Waals surface area (Å²) in [6.07, 6.45) is 24.5. The number of carbonyl (C=O) groups excluding carboxylic acids is 2. The molecule has 60 heavy (non-hydrogen) atoms. The van der Waals surface area contributed by atoms with Crippen LogP contribution in [-0.2, 0) is 32.7 Å². The van der Waals surface area contributed by atoms with Crippen molar-refractivity contribution in [2.45, 2.75) is 268 Å². The van der Waals surface area contributed by atoms with E-state index in [1.807, 2.05) is 0 Å². The van der Waals surface area contributed by atoms with Crippen LogP contribution in [0.5, 0.6) is 0 Å². The molecule has 14 heteroatoms. The van der Waals surface area contributed by atoms with Crippen molar-refractivity contribution in [2.75, 3.05) is 13.2 Å². The number of hydrogen-bond acceptors (Lipinski definition) is 12. The molecule has 13 nitrogen and oxygen atoms in total. The number of hydrogen-bond donors (Lipinski definition) is 6. The molecule has 0 aromatic rings. The highest BCUT2D eigenvalue weighted by Gasteiger charge is 2.51. The number of aliphatic hydroxyl groups is 5. The number of esters is 2. The van der Waals surface area contributed by atoms with E-state index in [1.165, 1.54) is 148 Å². The minimum Gasteiger partial charge on any atom is -0.462 e. The topological polar surface area (TPSA) is 210 Å². The zero-order valence-electron chi connectivity index (χ0n) is 37.8. The molecular weight excluding hydrogens is 791 g/mol. The van der Waals surface area contributed by atoms with Crippen LogP contribution in [0.1, 0.15) is 226 Å². The van der Waals surface area contributed by atoms with Crippen molar-refractivity contribution in [1.82, 2.24) is 0 Å². The molecule has 0 amide bonds. The monoisotopic (exact) mass is 881 g/mol. The Kier molecular flexibility index (Phi) is 35.3. The maximum Gasteiger partial charge on any atom is 0.472 e. The predicted molar refractivity (Wildman–Crippen MR) is 235 cm³/mol. The number of unbranched alkanes of at least 4 members (excludes halogenated alkanes) is 29. The van der Waals surface area contributed by atoms with Gasteiger partial charge in [0.2, 0.25) is 0 Å². The molecule has 6 N–H and O–H groups in total. The largest absolute Gasteiger partial charge is 0.472 e. The molecule has 356 valence electrons. The molecule has 0 aromatic heterocycles. The molecule has 0 spiro atoms. The molecule has 0 bridgehead atoms. The van der Waals surface area contributed by atoms with Gasteiger partial charge in [-0.15, -0.1) is 0 Å². The Bertz CT molecular complexity index is 1060. The first kappa shape index (κ1) is 56.9. The predicted octanol–water partition coefficient (Wildman–Crippen LogP) is 9.67. The molecule has 0 heterocycles. The second-order valence-electron chi connectivity index (χ2n) is 17.3. The Morgan fingerprint density at radius 2 is 0.750 bits per heavy atom. The third-order valence-corrected chi connectivity index (χ3v) is 12.7. The number of aliphatic hydroxyl groups excluding tert-OH is 5. The first-order valence-electron chi connectivity index (χ1n) is 24.3. The molecule has 0 aromatic carbocycles. The summed E-state index contributed by atoms with van der Waals surface area (Å²) >= 11 is 0. The molecule has 0 radical (unpaired) electrons. The van der Waals surface area contributed by atoms with E-state index in [-0.39, 0.29) is 12.8 Å². The Balaban J connectivity index is 2.38. The Labute approximate surface area is 363 Å². The Morgan fingerprint density at radius 1 is 0.450 bits per heavy atom. The smallest absolute Gasteiger partial charge is 0.462 e. The fourth-order valence-electron chi connectivity index (χ4n) is 7.76. The molecule has 0 saturated heterocycles. The van der Waals surface area contributed by atoms with E-state index >= 15 is 0 Å². The van der Waals surface area contributed by atoms with Crippen molar-refractivity contribution in [3.05, 3.63) is 0 Å². The fraction of sp³-hybridized carbons (Fsp3) is 0.957. The summed E-state index contributed by atoms with van der Waals surface area (Å²) in [6.45, 7) is 3.32. The summed E-state index contributed by atoms with van der Waals surface area (Å²) in [5.74, 6) is -1.08. The summed E-state index contributed by atoms with van der Waals surface area (Å²) in [5, 5.41) is 50.1. The zero-order chi connectivity index (χ0) is 44.3. The summed E-state index contributed by atoms with van der Waals surface area (Å²) in [5.41, 5.74) is 0. The van der Waals surface area contributed by atoms with E-state index in [0.717, 1.165) is 38.5 Å². The van der Waals surface area contributed by atoms with Crippen molar-refractivity contribution < 1.29 is 63.1 Å². The van der Waals surface area contributed by atoms with Gasteiger partial charge in [-0.25, -0.2) is 4.57 Å². The number of carbonyl (C=O) groups is 2. The molecular formula is C46H89O13P. The Morgan fingerprint density at radius 3 is 1.10 bits per heavy atom. The summed E-state index contributed by atoms with van der Waals surface area (Å²) in [4.78, 5) is 35.7. The van der Waals surface area contributed by atoms with Crippen LogP contribution < -0.4 is 0 Å². The normalized spacial score (nSPS) is 22.1. The second kappa shape index (κ2) is 37.2. The van der Waals surface area contributed by atoms with Gasteiger partial charge in [-0.05, 0) is 12.8 Å². The summed E-state index contributed by atoms with van der Waals surface area (Å²) in [6, 6.07) is 0. The Hall–Kier alpha value is -1.15. The maximum atomic E-state index is 12.8. The SMILES string of the molecule is CCCCCCCCCCCCCCCCCCCCCCC(=O)OC(COC(=O)CCCCCCCCCCCCC)COP(=O)(O)OC1C(O)C(O)C(O)C(O)C1O. The molecule has 6 atom stereocenters. The minimum absolute atomic E-state index is 0.105. The molecule has 1 saturated carbocycles. The van der Waals surface area contributed by atoms with Crippen LogP contribution in [0.2, 0.25) is 0 Å². The summed E-state index contributed by atoms with van der Waals surface area (Å²) in [7, 11) is -5.11. The van der Waals surface area contributed by atoms with E-state index in [0.29, 0.717) is 12.8 Å². The lowest BCUT2D eigenvalue weighted by atomic mass is 9.85. The van der Waals surface area contributed by atoms with Gasteiger partial charge in [-0.1, -0.05) is 200 Å². The van der Waals surface area contributed by atoms with Gasteiger partial charge in [0.25, 0.3) is 0 Å². The van der Waals surface area contributed by atoms with Gasteiger partial charge >= 0.3 is 19.8 Å². The van der Waals surface area contributed by atoms with Crippen LogP contribution in [-0.4, -0.2) is 98.3 Å². The lowest BCUT2D eigenvalue weighted by Gasteiger charge is -2.41. The number of ether oxygens (including phenoxy) is 2. The van der Waals surface area contributed by atoms with E-state index in [4.69, 9.17) is 18.5 Å². The number of phosphoric ester groups is 1. The third kappa shape index (κ3) is 29.3. The van der Waals surface area contributed by atoms with Crippen molar-refractivity contribution in [2.24, 2.45) is 0 Å². The third-order valence-electron chi connectivity index (χ3n) is 11.7. The van der Waals surface area contributed by atoms with Crippen LogP contribution in [0, 0.1) is 0 Å². The van der Waals surface area contributed by atoms with Crippen LogP contribution >= 0.6 is 7.82 Å². The fourth-order valence-corrected chi connectivity index (χ4v) is 8.73. The van der Waals surface area contributed by atoms with E-state index in [2.05, 4.69) is 13.8 Å². The highest BCUT2D eigenvalue weighted by Crippen LogP contribution is 2.47. The quantitative estimate of drug-likeness (QED) is 0.0192. The average molecular weight is 881 g/mol. The van der Waals surface area contributed by atoms with Crippen LogP contribution in [0.25, 0.3) is 0 Å². The molecule has 1 rings (SSSR count). The molecule has 0 aliphatic heterocycles. The highest BCUT2D eigenvalue weighted by molar-refractivity contribution is 7.47. The second-order valence-corrected chi connectivity index (χ2v) is 18.7. The highest BCUT2D eigenvalue weighted by atomic mass is 31.2. The van der Waals surface area contributed by atoms with Crippen molar-refractivity contribution in [3.8, 4) is 0 Å². The van der Waals surface area contributed by atoms with Gasteiger partial charge in [0.05, 0.1) is 6.61 Å². The average Bonchev–Trinajstić information content (AvgIpc) is 3.23. The van der Waals surface area contributed by atoms with Gasteiger partial charge in [-0.2, -0.15) is 0 Å². The van der Waals surface area contributed by atoms with Crippen LogP contribution in [0.4, 0.5) is 0 Å². The van der Waals surface area contributed by atoms with E-state index in [1.54, 1.807) is 0 Å². The lowest BCUT2D eigenvalue weighted by molar-refractivity contribution is -0.220. The van der Waals surface area contributed by atoms with Crippen molar-refractivity contribution in [3.63, 3.8) is 0 Å². The molecule has 1 aliphatic rings. The molecule has 6 unspecified atom stereocenters. The minimum atomic E-state index is -5.11. The van der Waals surface area contributed by atoms with Gasteiger partial charge in [0.15, 0.2) is 6.10 Å². The molecule has 1 aliphatic carbocycles. The van der Waals surface area contributed by atoms with E-state index < -0.39 is 75.7 Å². The summed E-state index contributed by atoms with van der Waals surface area (Å²) < 4.78 is 33.5. The van der Waals surface area contributed by atoms with Gasteiger partial charge < -0.3 is 39.9 Å². The first-order chi connectivity index (χ1) is 28.9. The molecule has 1 fully saturated rings. The number of phosphoric acid groups is 1. The van der Waals surface area contributed by atoms with Crippen LogP contribution in [0.15, 0.2) is 0 Å². The maximum absolute atomic E-state index is 12.8. The van der Waals surface area contributed by atoms with Gasteiger partial charge in [0.1, 0.15) is 43.2 Å². The van der Waals surface area contributed by atoms with Gasteiger partial charge in [-0.3, -0.25) is 18.6 Å². The lowest BCUT2D eigenvalue weighted by Crippen LogP contribution is -2.64. The number of rotatable bonds is 41. The zero-order valence-corrected chi connectivity index (χ0v) is 38.7.